The Balaban J connectivity index is 1.80. The van der Waals surface area contributed by atoms with Crippen molar-refractivity contribution in [2.24, 2.45) is 5.14 Å². The van der Waals surface area contributed by atoms with Crippen LogP contribution in [0.4, 0.5) is 11.4 Å². The Bertz CT molecular complexity index is 655. The SMILES string of the molecule is Cc1c(NC2CCN(C3CC3)C2)cc(N)cc1S(N)(=O)=O. The van der Waals surface area contributed by atoms with Gasteiger partial charge in [-0.05, 0) is 43.9 Å². The predicted molar refractivity (Wildman–Crippen MR) is 83.6 cm³/mol. The molecule has 1 unspecified atom stereocenters. The van der Waals surface area contributed by atoms with E-state index in [1.807, 2.05) is 0 Å². The monoisotopic (exact) mass is 310 g/mol. The largest absolute Gasteiger partial charge is 0.399 e. The Morgan fingerprint density at radius 2 is 2.00 bits per heavy atom. The summed E-state index contributed by atoms with van der Waals surface area (Å²) < 4.78 is 23.3. The number of sulfonamides is 1. The normalized spacial score (nSPS) is 23.4. The van der Waals surface area contributed by atoms with Gasteiger partial charge in [-0.25, -0.2) is 13.6 Å². The second-order valence-electron chi connectivity index (χ2n) is 6.09. The molecule has 0 amide bonds. The van der Waals surface area contributed by atoms with Crippen molar-refractivity contribution in [2.75, 3.05) is 24.1 Å². The van der Waals surface area contributed by atoms with E-state index in [2.05, 4.69) is 10.2 Å². The number of nitrogen functional groups attached to an aromatic ring is 1. The molecular weight excluding hydrogens is 288 g/mol. The summed E-state index contributed by atoms with van der Waals surface area (Å²) in [5, 5.41) is 8.69. The highest BCUT2D eigenvalue weighted by molar-refractivity contribution is 7.89. The van der Waals surface area contributed by atoms with Crippen molar-refractivity contribution in [1.82, 2.24) is 4.90 Å². The van der Waals surface area contributed by atoms with Crippen molar-refractivity contribution < 1.29 is 8.42 Å². The summed E-state index contributed by atoms with van der Waals surface area (Å²) in [6.07, 6.45) is 3.68. The Morgan fingerprint density at radius 3 is 2.62 bits per heavy atom. The van der Waals surface area contributed by atoms with E-state index in [4.69, 9.17) is 10.9 Å². The van der Waals surface area contributed by atoms with Crippen LogP contribution < -0.4 is 16.2 Å². The summed E-state index contributed by atoms with van der Waals surface area (Å²) in [5.41, 5.74) is 7.62. The standard InChI is InChI=1S/C14H22N4O2S/c1-9-13(6-10(15)7-14(9)21(16,19)20)17-11-4-5-18(8-11)12-2-3-12/h6-7,11-12,17H,2-5,8,15H2,1H3,(H2,16,19,20). The maximum absolute atomic E-state index is 11.6. The second-order valence-corrected chi connectivity index (χ2v) is 7.62. The van der Waals surface area contributed by atoms with E-state index in [0.29, 0.717) is 17.3 Å². The van der Waals surface area contributed by atoms with Crippen molar-refractivity contribution in [3.05, 3.63) is 17.7 Å². The van der Waals surface area contributed by atoms with Gasteiger partial charge in [-0.3, -0.25) is 4.90 Å². The fourth-order valence-electron chi connectivity index (χ4n) is 3.05. The molecule has 1 aromatic carbocycles. The molecule has 0 radical (unpaired) electrons. The van der Waals surface area contributed by atoms with Gasteiger partial charge >= 0.3 is 0 Å². The van der Waals surface area contributed by atoms with Crippen LogP contribution in [0.3, 0.4) is 0 Å². The van der Waals surface area contributed by atoms with Gasteiger partial charge in [0.05, 0.1) is 4.90 Å². The average Bonchev–Trinajstić information content (AvgIpc) is 3.13. The lowest BCUT2D eigenvalue weighted by Crippen LogP contribution is -2.28. The smallest absolute Gasteiger partial charge is 0.238 e. The van der Waals surface area contributed by atoms with Crippen LogP contribution in [0.1, 0.15) is 24.8 Å². The quantitative estimate of drug-likeness (QED) is 0.716. The summed E-state index contributed by atoms with van der Waals surface area (Å²) in [6.45, 7) is 3.87. The number of nitrogens with zero attached hydrogens (tertiary/aromatic N) is 1. The van der Waals surface area contributed by atoms with Gasteiger partial charge in [0, 0.05) is 36.5 Å². The first kappa shape index (κ1) is 14.6. The van der Waals surface area contributed by atoms with Crippen molar-refractivity contribution in [1.29, 1.82) is 0 Å². The van der Waals surface area contributed by atoms with E-state index in [-0.39, 0.29) is 4.90 Å². The minimum atomic E-state index is -3.76. The highest BCUT2D eigenvalue weighted by Gasteiger charge is 2.34. The van der Waals surface area contributed by atoms with Crippen LogP contribution in [0.5, 0.6) is 0 Å². The van der Waals surface area contributed by atoms with E-state index < -0.39 is 10.0 Å². The number of nitrogens with one attached hydrogen (secondary N) is 1. The first-order chi connectivity index (χ1) is 9.84. The van der Waals surface area contributed by atoms with Crippen LogP contribution in [-0.2, 0) is 10.0 Å². The fourth-order valence-corrected chi connectivity index (χ4v) is 3.89. The molecule has 2 fully saturated rings. The highest BCUT2D eigenvalue weighted by atomic mass is 32.2. The molecule has 0 aromatic heterocycles. The molecule has 1 aliphatic carbocycles. The van der Waals surface area contributed by atoms with Gasteiger partial charge in [0.1, 0.15) is 0 Å². The third-order valence-electron chi connectivity index (χ3n) is 4.33. The number of nitrogens with two attached hydrogens (primary N) is 2. The van der Waals surface area contributed by atoms with Crippen LogP contribution in [0.15, 0.2) is 17.0 Å². The van der Waals surface area contributed by atoms with Gasteiger partial charge in [0.2, 0.25) is 10.0 Å². The fraction of sp³-hybridized carbons (Fsp3) is 0.571. The lowest BCUT2D eigenvalue weighted by atomic mass is 10.1. The van der Waals surface area contributed by atoms with Gasteiger partial charge in [0.25, 0.3) is 0 Å². The van der Waals surface area contributed by atoms with Crippen LogP contribution >= 0.6 is 0 Å². The number of primary sulfonamides is 1. The molecule has 1 heterocycles. The maximum atomic E-state index is 11.6. The predicted octanol–water partition coefficient (Wildman–Crippen LogP) is 0.873. The van der Waals surface area contributed by atoms with Gasteiger partial charge in [-0.15, -0.1) is 0 Å². The maximum Gasteiger partial charge on any atom is 0.238 e. The number of likely N-dealkylation sites (tertiary alicyclic amines) is 1. The first-order valence-corrected chi connectivity index (χ1v) is 8.83. The number of hydrogen-bond donors (Lipinski definition) is 3. The molecule has 1 saturated carbocycles. The minimum Gasteiger partial charge on any atom is -0.399 e. The molecule has 0 spiro atoms. The Kier molecular flexibility index (Phi) is 3.59. The molecule has 0 bridgehead atoms. The molecular formula is C14H22N4O2S. The minimum absolute atomic E-state index is 0.0991. The van der Waals surface area contributed by atoms with Gasteiger partial charge in [-0.1, -0.05) is 0 Å². The molecule has 1 saturated heterocycles. The zero-order valence-electron chi connectivity index (χ0n) is 12.2. The molecule has 116 valence electrons. The molecule has 21 heavy (non-hydrogen) atoms. The Labute approximate surface area is 125 Å². The molecule has 1 aromatic rings. The van der Waals surface area contributed by atoms with Crippen molar-refractivity contribution in [3.63, 3.8) is 0 Å². The summed E-state index contributed by atoms with van der Waals surface area (Å²) in [5.74, 6) is 0. The van der Waals surface area contributed by atoms with Crippen molar-refractivity contribution >= 4 is 21.4 Å². The summed E-state index contributed by atoms with van der Waals surface area (Å²) >= 11 is 0. The third kappa shape index (κ3) is 3.14. The van der Waals surface area contributed by atoms with E-state index >= 15 is 0 Å². The van der Waals surface area contributed by atoms with Gasteiger partial charge in [0.15, 0.2) is 0 Å². The topological polar surface area (TPSA) is 101 Å². The van der Waals surface area contributed by atoms with Gasteiger partial charge < -0.3 is 11.1 Å². The zero-order chi connectivity index (χ0) is 15.2. The average molecular weight is 310 g/mol. The number of benzene rings is 1. The van der Waals surface area contributed by atoms with Crippen LogP contribution in [0, 0.1) is 6.92 Å². The third-order valence-corrected chi connectivity index (χ3v) is 5.37. The lowest BCUT2D eigenvalue weighted by Gasteiger charge is -2.19. The van der Waals surface area contributed by atoms with Crippen LogP contribution in [-0.4, -0.2) is 38.5 Å². The van der Waals surface area contributed by atoms with Crippen molar-refractivity contribution in [2.45, 2.75) is 43.2 Å². The number of anilines is 2. The number of rotatable bonds is 4. The summed E-state index contributed by atoms with van der Waals surface area (Å²) in [6, 6.07) is 4.29. The zero-order valence-corrected chi connectivity index (χ0v) is 13.0. The molecule has 3 rings (SSSR count). The van der Waals surface area contributed by atoms with E-state index in [0.717, 1.165) is 31.2 Å². The lowest BCUT2D eigenvalue weighted by molar-refractivity contribution is 0.326. The molecule has 7 heteroatoms. The van der Waals surface area contributed by atoms with Gasteiger partial charge in [-0.2, -0.15) is 0 Å². The first-order valence-electron chi connectivity index (χ1n) is 7.28. The molecule has 6 nitrogen and oxygen atoms in total. The highest BCUT2D eigenvalue weighted by Crippen LogP contribution is 2.32. The van der Waals surface area contributed by atoms with Crippen LogP contribution in [0.25, 0.3) is 0 Å². The summed E-state index contributed by atoms with van der Waals surface area (Å²) in [4.78, 5) is 2.60. The summed E-state index contributed by atoms with van der Waals surface area (Å²) in [7, 11) is -3.76. The Hall–Kier alpha value is -1.31. The second kappa shape index (κ2) is 5.15. The molecule has 2 aliphatic rings. The molecule has 1 aliphatic heterocycles. The van der Waals surface area contributed by atoms with E-state index in [9.17, 15) is 8.42 Å². The van der Waals surface area contributed by atoms with Crippen molar-refractivity contribution in [3.8, 4) is 0 Å². The number of hydrogen-bond acceptors (Lipinski definition) is 5. The Morgan fingerprint density at radius 1 is 1.29 bits per heavy atom. The van der Waals surface area contributed by atoms with E-state index in [1.165, 1.54) is 18.9 Å². The van der Waals surface area contributed by atoms with Crippen LogP contribution in [0.2, 0.25) is 0 Å². The molecule has 1 atom stereocenters. The van der Waals surface area contributed by atoms with E-state index in [1.54, 1.807) is 13.0 Å². The molecule has 5 N–H and O–H groups in total.